The van der Waals surface area contributed by atoms with Crippen LogP contribution in [0.5, 0.6) is 0 Å². The first-order chi connectivity index (χ1) is 13.4. The second-order valence-corrected chi connectivity index (χ2v) is 6.39. The first-order valence-corrected chi connectivity index (χ1v) is 8.81. The molecule has 146 valence electrons. The highest BCUT2D eigenvalue weighted by atomic mass is 19.1. The molecule has 2 aromatic rings. The van der Waals surface area contributed by atoms with Crippen LogP contribution in [0.15, 0.2) is 48.5 Å². The van der Waals surface area contributed by atoms with E-state index in [4.69, 9.17) is 0 Å². The molecule has 1 heterocycles. The van der Waals surface area contributed by atoms with E-state index in [0.717, 1.165) is 17.0 Å². The lowest BCUT2D eigenvalue weighted by Crippen LogP contribution is -2.38. The number of rotatable bonds is 6. The van der Waals surface area contributed by atoms with Crippen molar-refractivity contribution in [1.82, 2.24) is 10.2 Å². The molecule has 1 N–H and O–H groups in total. The molecule has 8 heteroatoms. The van der Waals surface area contributed by atoms with Gasteiger partial charge in [0.25, 0.3) is 5.91 Å². The Morgan fingerprint density at radius 1 is 1.11 bits per heavy atom. The third kappa shape index (κ3) is 4.16. The van der Waals surface area contributed by atoms with Crippen molar-refractivity contribution >= 4 is 23.5 Å². The minimum absolute atomic E-state index is 0.198. The SMILES string of the molecule is CCN(Cc1cccc(F)c1)C(=O)CC1NC(=O)N(c2ccc(F)cc2)C1=O. The summed E-state index contributed by atoms with van der Waals surface area (Å²) in [5.41, 5.74) is 0.857. The first kappa shape index (κ1) is 19.5. The number of amides is 4. The molecule has 1 aliphatic rings. The molecule has 1 atom stereocenters. The Bertz CT molecular complexity index is 902. The smallest absolute Gasteiger partial charge is 0.329 e. The Labute approximate surface area is 160 Å². The van der Waals surface area contributed by atoms with E-state index in [9.17, 15) is 23.2 Å². The van der Waals surface area contributed by atoms with Gasteiger partial charge in [-0.3, -0.25) is 9.59 Å². The van der Waals surface area contributed by atoms with E-state index >= 15 is 0 Å². The molecule has 0 bridgehead atoms. The summed E-state index contributed by atoms with van der Waals surface area (Å²) in [5, 5.41) is 2.49. The van der Waals surface area contributed by atoms with E-state index in [1.807, 2.05) is 0 Å². The number of carbonyl (C=O) groups excluding carboxylic acids is 3. The number of carbonyl (C=O) groups is 3. The van der Waals surface area contributed by atoms with Gasteiger partial charge in [-0.2, -0.15) is 0 Å². The van der Waals surface area contributed by atoms with Gasteiger partial charge < -0.3 is 10.2 Å². The zero-order chi connectivity index (χ0) is 20.3. The lowest BCUT2D eigenvalue weighted by Gasteiger charge is -2.22. The maximum atomic E-state index is 13.3. The van der Waals surface area contributed by atoms with Gasteiger partial charge in [0.15, 0.2) is 0 Å². The van der Waals surface area contributed by atoms with Crippen molar-refractivity contribution in [2.24, 2.45) is 0 Å². The monoisotopic (exact) mass is 387 g/mol. The number of hydrogen-bond acceptors (Lipinski definition) is 3. The Morgan fingerprint density at radius 2 is 1.82 bits per heavy atom. The molecule has 0 aliphatic carbocycles. The summed E-state index contributed by atoms with van der Waals surface area (Å²) < 4.78 is 26.4. The predicted molar refractivity (Wildman–Crippen MR) is 98.3 cm³/mol. The van der Waals surface area contributed by atoms with Gasteiger partial charge in [0.05, 0.1) is 12.1 Å². The number of anilines is 1. The molecule has 1 aliphatic heterocycles. The quantitative estimate of drug-likeness (QED) is 0.775. The lowest BCUT2D eigenvalue weighted by molar-refractivity contribution is -0.134. The van der Waals surface area contributed by atoms with Crippen molar-refractivity contribution in [1.29, 1.82) is 0 Å². The molecule has 2 aromatic carbocycles. The third-order valence-corrected chi connectivity index (χ3v) is 4.48. The minimum atomic E-state index is -1.01. The number of imide groups is 1. The van der Waals surface area contributed by atoms with Gasteiger partial charge in [0.2, 0.25) is 5.91 Å². The van der Waals surface area contributed by atoms with Crippen LogP contribution in [-0.4, -0.2) is 35.3 Å². The zero-order valence-corrected chi connectivity index (χ0v) is 15.2. The number of halogens is 2. The van der Waals surface area contributed by atoms with E-state index in [2.05, 4.69) is 5.32 Å². The molecule has 4 amide bonds. The summed E-state index contributed by atoms with van der Waals surface area (Å²) in [5.74, 6) is -1.80. The van der Waals surface area contributed by atoms with Crippen molar-refractivity contribution in [3.63, 3.8) is 0 Å². The van der Waals surface area contributed by atoms with Crippen LogP contribution >= 0.6 is 0 Å². The number of nitrogens with zero attached hydrogens (tertiary/aromatic N) is 2. The number of nitrogens with one attached hydrogen (secondary N) is 1. The molecule has 0 spiro atoms. The fourth-order valence-corrected chi connectivity index (χ4v) is 3.04. The van der Waals surface area contributed by atoms with Crippen LogP contribution in [-0.2, 0) is 16.1 Å². The largest absolute Gasteiger partial charge is 0.339 e. The summed E-state index contributed by atoms with van der Waals surface area (Å²) in [6, 6.07) is 9.18. The fourth-order valence-electron chi connectivity index (χ4n) is 3.04. The number of hydrogen-bond donors (Lipinski definition) is 1. The second-order valence-electron chi connectivity index (χ2n) is 6.39. The lowest BCUT2D eigenvalue weighted by atomic mass is 10.1. The summed E-state index contributed by atoms with van der Waals surface area (Å²) >= 11 is 0. The molecular formula is C20H19F2N3O3. The van der Waals surface area contributed by atoms with Gasteiger partial charge in [-0.25, -0.2) is 18.5 Å². The van der Waals surface area contributed by atoms with Gasteiger partial charge in [-0.1, -0.05) is 12.1 Å². The van der Waals surface area contributed by atoms with Gasteiger partial charge >= 0.3 is 6.03 Å². The number of urea groups is 1. The molecule has 3 rings (SSSR count). The van der Waals surface area contributed by atoms with Crippen LogP contribution in [0.2, 0.25) is 0 Å². The normalized spacial score (nSPS) is 16.2. The van der Waals surface area contributed by atoms with Gasteiger partial charge in [-0.15, -0.1) is 0 Å². The molecule has 1 unspecified atom stereocenters. The molecule has 0 radical (unpaired) electrons. The summed E-state index contributed by atoms with van der Waals surface area (Å²) in [6.45, 7) is 2.34. The summed E-state index contributed by atoms with van der Waals surface area (Å²) in [7, 11) is 0. The van der Waals surface area contributed by atoms with Crippen molar-refractivity contribution in [3.05, 3.63) is 65.7 Å². The Balaban J connectivity index is 1.68. The van der Waals surface area contributed by atoms with E-state index in [0.29, 0.717) is 12.1 Å². The van der Waals surface area contributed by atoms with Crippen molar-refractivity contribution in [2.45, 2.75) is 25.9 Å². The second kappa shape index (κ2) is 8.16. The Kier molecular flexibility index (Phi) is 5.67. The average molecular weight is 387 g/mol. The topological polar surface area (TPSA) is 69.7 Å². The van der Waals surface area contributed by atoms with Crippen molar-refractivity contribution < 1.29 is 23.2 Å². The van der Waals surface area contributed by atoms with Gasteiger partial charge in [0.1, 0.15) is 17.7 Å². The molecule has 0 saturated carbocycles. The van der Waals surface area contributed by atoms with Crippen molar-refractivity contribution in [3.8, 4) is 0 Å². The van der Waals surface area contributed by atoms with E-state index < -0.39 is 29.6 Å². The number of benzene rings is 2. The van der Waals surface area contributed by atoms with E-state index in [1.165, 1.54) is 29.2 Å². The maximum absolute atomic E-state index is 13.3. The Hall–Kier alpha value is -3.29. The minimum Gasteiger partial charge on any atom is -0.339 e. The third-order valence-electron chi connectivity index (χ3n) is 4.48. The van der Waals surface area contributed by atoms with E-state index in [-0.39, 0.29) is 24.6 Å². The van der Waals surface area contributed by atoms with Crippen LogP contribution < -0.4 is 10.2 Å². The highest BCUT2D eigenvalue weighted by Gasteiger charge is 2.40. The molecule has 28 heavy (non-hydrogen) atoms. The van der Waals surface area contributed by atoms with Crippen LogP contribution in [0, 0.1) is 11.6 Å². The highest BCUT2D eigenvalue weighted by Crippen LogP contribution is 2.21. The summed E-state index contributed by atoms with van der Waals surface area (Å²) in [6.07, 6.45) is -0.217. The van der Waals surface area contributed by atoms with Gasteiger partial charge in [0, 0.05) is 13.1 Å². The molecule has 0 aromatic heterocycles. The zero-order valence-electron chi connectivity index (χ0n) is 15.2. The van der Waals surface area contributed by atoms with Crippen LogP contribution in [0.25, 0.3) is 0 Å². The average Bonchev–Trinajstić information content (AvgIpc) is 2.94. The molecule has 1 saturated heterocycles. The standard InChI is InChI=1S/C20H19F2N3O3/c1-2-24(12-13-4-3-5-15(22)10-13)18(26)11-17-19(27)25(20(28)23-17)16-8-6-14(21)7-9-16/h3-10,17H,2,11-12H2,1H3,(H,23,28). The van der Waals surface area contributed by atoms with Crippen molar-refractivity contribution in [2.75, 3.05) is 11.4 Å². The highest BCUT2D eigenvalue weighted by molar-refractivity contribution is 6.22. The molecular weight excluding hydrogens is 368 g/mol. The van der Waals surface area contributed by atoms with E-state index in [1.54, 1.807) is 19.1 Å². The predicted octanol–water partition coefficient (Wildman–Crippen LogP) is 2.83. The molecule has 6 nitrogen and oxygen atoms in total. The van der Waals surface area contributed by atoms with Gasteiger partial charge in [-0.05, 0) is 48.9 Å². The Morgan fingerprint density at radius 3 is 2.46 bits per heavy atom. The van der Waals surface area contributed by atoms with Crippen LogP contribution in [0.1, 0.15) is 18.9 Å². The van der Waals surface area contributed by atoms with Crippen LogP contribution in [0.4, 0.5) is 19.3 Å². The molecule has 1 fully saturated rings. The first-order valence-electron chi connectivity index (χ1n) is 8.81. The van der Waals surface area contributed by atoms with Crippen LogP contribution in [0.3, 0.4) is 0 Å². The summed E-state index contributed by atoms with van der Waals surface area (Å²) in [4.78, 5) is 39.7. The maximum Gasteiger partial charge on any atom is 0.329 e. The fraction of sp³-hybridized carbons (Fsp3) is 0.250.